The van der Waals surface area contributed by atoms with E-state index in [0.29, 0.717) is 15.9 Å². The standard InChI is InChI=1S/C20H13N2OP/c21-14-16-11-12-20(13-17(16)15-22)24(23,18-7-3-1-4-8-18)19-9-5-2-6-10-19/h1-13H. The predicted octanol–water partition coefficient (Wildman–Crippen LogP) is 3.07. The van der Waals surface area contributed by atoms with Crippen molar-refractivity contribution < 1.29 is 4.57 Å². The molecule has 114 valence electrons. The molecule has 0 aliphatic carbocycles. The molecule has 4 heteroatoms. The molecule has 0 radical (unpaired) electrons. The molecule has 0 atom stereocenters. The minimum atomic E-state index is -3.11. The quantitative estimate of drug-likeness (QED) is 0.694. The summed E-state index contributed by atoms with van der Waals surface area (Å²) in [4.78, 5) is 0. The molecule has 0 aliphatic rings. The molecule has 3 rings (SSSR count). The Morgan fingerprint density at radius 1 is 0.625 bits per heavy atom. The van der Waals surface area contributed by atoms with Gasteiger partial charge in [-0.1, -0.05) is 60.7 Å². The van der Waals surface area contributed by atoms with Crippen LogP contribution in [-0.2, 0) is 4.57 Å². The third-order valence-corrected chi connectivity index (χ3v) is 6.90. The average Bonchev–Trinajstić information content (AvgIpc) is 2.68. The van der Waals surface area contributed by atoms with Gasteiger partial charge in [0.2, 0.25) is 0 Å². The number of hydrogen-bond acceptors (Lipinski definition) is 3. The van der Waals surface area contributed by atoms with Gasteiger partial charge in [0.25, 0.3) is 0 Å². The normalized spacial score (nSPS) is 10.6. The van der Waals surface area contributed by atoms with E-state index >= 15 is 0 Å². The molecule has 3 aromatic rings. The van der Waals surface area contributed by atoms with Crippen LogP contribution in [0.5, 0.6) is 0 Å². The maximum atomic E-state index is 14.1. The molecule has 3 aromatic carbocycles. The van der Waals surface area contributed by atoms with Gasteiger partial charge in [-0.3, -0.25) is 0 Å². The summed E-state index contributed by atoms with van der Waals surface area (Å²) in [5.74, 6) is 0. The van der Waals surface area contributed by atoms with Gasteiger partial charge in [-0.05, 0) is 18.2 Å². The minimum Gasteiger partial charge on any atom is -0.309 e. The number of rotatable bonds is 3. The van der Waals surface area contributed by atoms with Gasteiger partial charge in [0, 0.05) is 15.9 Å². The third-order valence-electron chi connectivity index (χ3n) is 3.85. The summed E-state index contributed by atoms with van der Waals surface area (Å²) < 4.78 is 14.1. The summed E-state index contributed by atoms with van der Waals surface area (Å²) in [7, 11) is -3.11. The lowest BCUT2D eigenvalue weighted by Crippen LogP contribution is -2.25. The number of hydrogen-bond donors (Lipinski definition) is 0. The molecule has 0 bridgehead atoms. The Labute approximate surface area is 140 Å². The molecule has 0 saturated carbocycles. The van der Waals surface area contributed by atoms with E-state index < -0.39 is 7.14 Å². The number of nitriles is 2. The highest BCUT2D eigenvalue weighted by molar-refractivity contribution is 7.85. The van der Waals surface area contributed by atoms with Crippen LogP contribution in [0.4, 0.5) is 0 Å². The van der Waals surface area contributed by atoms with E-state index in [2.05, 4.69) is 0 Å². The first kappa shape index (κ1) is 15.8. The van der Waals surface area contributed by atoms with Gasteiger partial charge in [0.05, 0.1) is 11.1 Å². The van der Waals surface area contributed by atoms with Crippen molar-refractivity contribution in [3.8, 4) is 12.1 Å². The van der Waals surface area contributed by atoms with Crippen molar-refractivity contribution in [3.05, 3.63) is 90.0 Å². The number of nitrogens with zero attached hydrogens (tertiary/aromatic N) is 2. The van der Waals surface area contributed by atoms with Gasteiger partial charge in [0.15, 0.2) is 7.14 Å². The second kappa shape index (κ2) is 6.55. The summed E-state index contributed by atoms with van der Waals surface area (Å²) in [5.41, 5.74) is 0.524. The lowest BCUT2D eigenvalue weighted by molar-refractivity contribution is 0.592. The van der Waals surface area contributed by atoms with Crippen molar-refractivity contribution in [1.29, 1.82) is 10.5 Å². The smallest absolute Gasteiger partial charge is 0.171 e. The Balaban J connectivity index is 2.31. The topological polar surface area (TPSA) is 64.7 Å². The monoisotopic (exact) mass is 328 g/mol. The molecular formula is C20H13N2OP. The fourth-order valence-electron chi connectivity index (χ4n) is 2.64. The molecule has 0 saturated heterocycles. The van der Waals surface area contributed by atoms with E-state index in [0.717, 1.165) is 0 Å². The second-order valence-electron chi connectivity index (χ2n) is 5.23. The summed E-state index contributed by atoms with van der Waals surface area (Å²) in [5, 5.41) is 20.3. The van der Waals surface area contributed by atoms with E-state index in [9.17, 15) is 9.83 Å². The molecule has 0 amide bonds. The van der Waals surface area contributed by atoms with E-state index in [4.69, 9.17) is 5.26 Å². The first-order valence-corrected chi connectivity index (χ1v) is 9.07. The van der Waals surface area contributed by atoms with Crippen molar-refractivity contribution in [1.82, 2.24) is 0 Å². The summed E-state index contributed by atoms with van der Waals surface area (Å²) in [6.45, 7) is 0. The molecule has 0 aromatic heterocycles. The molecule has 24 heavy (non-hydrogen) atoms. The molecule has 0 spiro atoms. The lowest BCUT2D eigenvalue weighted by Gasteiger charge is -2.20. The average molecular weight is 328 g/mol. The van der Waals surface area contributed by atoms with Crippen LogP contribution in [0.25, 0.3) is 0 Å². The van der Waals surface area contributed by atoms with Crippen LogP contribution in [0, 0.1) is 22.7 Å². The Kier molecular flexibility index (Phi) is 4.30. The molecule has 0 N–H and O–H groups in total. The summed E-state index contributed by atoms with van der Waals surface area (Å²) in [6.07, 6.45) is 0. The highest BCUT2D eigenvalue weighted by atomic mass is 31.2. The van der Waals surface area contributed by atoms with Crippen molar-refractivity contribution in [2.75, 3.05) is 0 Å². The van der Waals surface area contributed by atoms with Gasteiger partial charge in [-0.25, -0.2) is 0 Å². The Bertz CT molecular complexity index is 956. The first-order chi connectivity index (χ1) is 11.7. The van der Waals surface area contributed by atoms with Gasteiger partial charge < -0.3 is 4.57 Å². The molecule has 0 unspecified atom stereocenters. The SMILES string of the molecule is N#Cc1ccc(P(=O)(c2ccccc2)c2ccccc2)cc1C#N. The van der Waals surface area contributed by atoms with Crippen molar-refractivity contribution in [2.24, 2.45) is 0 Å². The fourth-order valence-corrected chi connectivity index (χ4v) is 5.31. The van der Waals surface area contributed by atoms with Crippen LogP contribution in [0.15, 0.2) is 78.9 Å². The van der Waals surface area contributed by atoms with Crippen LogP contribution >= 0.6 is 7.14 Å². The highest BCUT2D eigenvalue weighted by Crippen LogP contribution is 2.42. The molecule has 0 aliphatic heterocycles. The van der Waals surface area contributed by atoms with Crippen molar-refractivity contribution in [2.45, 2.75) is 0 Å². The van der Waals surface area contributed by atoms with Gasteiger partial charge in [0.1, 0.15) is 12.1 Å². The van der Waals surface area contributed by atoms with Gasteiger partial charge in [-0.15, -0.1) is 0 Å². The van der Waals surface area contributed by atoms with Crippen LogP contribution in [-0.4, -0.2) is 0 Å². The maximum absolute atomic E-state index is 14.1. The van der Waals surface area contributed by atoms with Crippen molar-refractivity contribution >= 4 is 23.1 Å². The largest absolute Gasteiger partial charge is 0.309 e. The zero-order valence-corrected chi connectivity index (χ0v) is 13.6. The highest BCUT2D eigenvalue weighted by Gasteiger charge is 2.30. The Hall–Kier alpha value is -3.13. The molecule has 0 heterocycles. The van der Waals surface area contributed by atoms with E-state index in [1.165, 1.54) is 0 Å². The third kappa shape index (κ3) is 2.63. The first-order valence-electron chi connectivity index (χ1n) is 7.36. The van der Waals surface area contributed by atoms with E-state index in [-0.39, 0.29) is 11.1 Å². The fraction of sp³-hybridized carbons (Fsp3) is 0. The summed E-state index contributed by atoms with van der Waals surface area (Å²) >= 11 is 0. The van der Waals surface area contributed by atoms with Gasteiger partial charge >= 0.3 is 0 Å². The lowest BCUT2D eigenvalue weighted by atomic mass is 10.1. The zero-order chi connectivity index (χ0) is 17.0. The van der Waals surface area contributed by atoms with Crippen LogP contribution in [0.2, 0.25) is 0 Å². The Morgan fingerprint density at radius 2 is 1.12 bits per heavy atom. The van der Waals surface area contributed by atoms with E-state index in [1.54, 1.807) is 18.2 Å². The zero-order valence-electron chi connectivity index (χ0n) is 12.8. The summed E-state index contributed by atoms with van der Waals surface area (Å²) in [6, 6.07) is 27.3. The number of benzene rings is 3. The van der Waals surface area contributed by atoms with Gasteiger partial charge in [-0.2, -0.15) is 10.5 Å². The maximum Gasteiger partial charge on any atom is 0.171 e. The Morgan fingerprint density at radius 3 is 1.58 bits per heavy atom. The molecule has 3 nitrogen and oxygen atoms in total. The minimum absolute atomic E-state index is 0.238. The van der Waals surface area contributed by atoms with Crippen molar-refractivity contribution in [3.63, 3.8) is 0 Å². The van der Waals surface area contributed by atoms with Crippen LogP contribution in [0.1, 0.15) is 11.1 Å². The predicted molar refractivity (Wildman–Crippen MR) is 95.3 cm³/mol. The molecular weight excluding hydrogens is 315 g/mol. The van der Waals surface area contributed by atoms with Crippen LogP contribution < -0.4 is 15.9 Å². The second-order valence-corrected chi connectivity index (χ2v) is 8.00. The van der Waals surface area contributed by atoms with Crippen LogP contribution in [0.3, 0.4) is 0 Å². The molecule has 0 fully saturated rings. The van der Waals surface area contributed by atoms with E-state index in [1.807, 2.05) is 72.8 Å².